The summed E-state index contributed by atoms with van der Waals surface area (Å²) in [5, 5.41) is 35.0. The van der Waals surface area contributed by atoms with Gasteiger partial charge in [-0.15, -0.1) is 0 Å². The first-order chi connectivity index (χ1) is 12.5. The van der Waals surface area contributed by atoms with Gasteiger partial charge in [-0.2, -0.15) is 0 Å². The maximum atomic E-state index is 10.2. The lowest BCUT2D eigenvalue weighted by atomic mass is 9.82. The molecule has 0 saturated carbocycles. The molecule has 0 aliphatic rings. The average Bonchev–Trinajstić information content (AvgIpc) is 2.64. The topological polar surface area (TPSA) is 115 Å². The highest BCUT2D eigenvalue weighted by Gasteiger charge is 2.29. The highest BCUT2D eigenvalue weighted by atomic mass is 16.4. The van der Waals surface area contributed by atoms with Crippen LogP contribution in [0.1, 0.15) is 48.4 Å². The first kappa shape index (κ1) is 24.3. The van der Waals surface area contributed by atoms with Crippen molar-refractivity contribution in [2.45, 2.75) is 39.9 Å². The summed E-state index contributed by atoms with van der Waals surface area (Å²) >= 11 is 0. The van der Waals surface area contributed by atoms with Crippen LogP contribution in [-0.4, -0.2) is 44.6 Å². The molecule has 2 aromatic carbocycles. The number of hydrogen-bond acceptors (Lipinski definition) is 4. The number of rotatable bonds is 4. The van der Waals surface area contributed by atoms with E-state index in [0.29, 0.717) is 11.1 Å². The Bertz CT molecular complexity index is 619. The second-order valence-electron chi connectivity index (χ2n) is 6.52. The van der Waals surface area contributed by atoms with E-state index in [1.807, 2.05) is 13.8 Å². The maximum absolute atomic E-state index is 10.2. The third kappa shape index (κ3) is 9.53. The van der Waals surface area contributed by atoms with E-state index >= 15 is 0 Å². The molecular weight excluding hydrogens is 348 g/mol. The summed E-state index contributed by atoms with van der Waals surface area (Å²) in [4.78, 5) is 20.4. The van der Waals surface area contributed by atoms with Crippen molar-refractivity contribution in [3.8, 4) is 0 Å². The number of carboxylic acids is 2. The van der Waals surface area contributed by atoms with Gasteiger partial charge >= 0.3 is 11.9 Å². The van der Waals surface area contributed by atoms with Gasteiger partial charge in [-0.1, -0.05) is 50.2 Å². The fourth-order valence-electron chi connectivity index (χ4n) is 1.51. The molecule has 0 bridgehead atoms. The number of aliphatic hydroxyl groups is 2. The number of carbonyl (C=O) groups is 2. The third-order valence-electron chi connectivity index (χ3n) is 4.19. The Hall–Kier alpha value is -2.70. The molecule has 0 aromatic heterocycles. The third-order valence-corrected chi connectivity index (χ3v) is 4.19. The minimum Gasteiger partial charge on any atom is -0.478 e. The predicted octanol–water partition coefficient (Wildman–Crippen LogP) is 3.54. The molecule has 4 N–H and O–H groups in total. The number of aromatic carboxylic acids is 2. The van der Waals surface area contributed by atoms with Crippen LogP contribution < -0.4 is 0 Å². The minimum absolute atomic E-state index is 0.331. The Kier molecular flexibility index (Phi) is 10.6. The standard InChI is InChI=1S/2C7H6O2.C7H16O2/c2*8-7(9)6-4-2-1-3-5-6;1-5(8)7(3,4)6(2)9/h2*1-5H,(H,8,9);5-6,8-9H,1-4H3. The van der Waals surface area contributed by atoms with E-state index in [-0.39, 0.29) is 5.41 Å². The summed E-state index contributed by atoms with van der Waals surface area (Å²) in [5.41, 5.74) is 0.273. The van der Waals surface area contributed by atoms with Gasteiger partial charge in [-0.25, -0.2) is 9.59 Å². The molecule has 0 heterocycles. The Morgan fingerprint density at radius 1 is 0.704 bits per heavy atom. The fraction of sp³-hybridized carbons (Fsp3) is 0.333. The normalized spacial score (nSPS) is 12.4. The van der Waals surface area contributed by atoms with Gasteiger partial charge in [0.15, 0.2) is 0 Å². The number of carboxylic acid groups (broad SMARTS) is 2. The van der Waals surface area contributed by atoms with Crippen molar-refractivity contribution in [2.75, 3.05) is 0 Å². The van der Waals surface area contributed by atoms with Gasteiger partial charge in [0.05, 0.1) is 23.3 Å². The minimum atomic E-state index is -0.879. The lowest BCUT2D eigenvalue weighted by molar-refractivity contribution is -0.0289. The second-order valence-corrected chi connectivity index (χ2v) is 6.52. The molecule has 2 atom stereocenters. The van der Waals surface area contributed by atoms with Gasteiger partial charge < -0.3 is 20.4 Å². The van der Waals surface area contributed by atoms with E-state index in [1.165, 1.54) is 0 Å². The summed E-state index contributed by atoms with van der Waals surface area (Å²) in [6.07, 6.45) is -0.921. The number of hydrogen-bond donors (Lipinski definition) is 4. The quantitative estimate of drug-likeness (QED) is 0.649. The predicted molar refractivity (Wildman–Crippen MR) is 104 cm³/mol. The van der Waals surface area contributed by atoms with Gasteiger partial charge in [0.2, 0.25) is 0 Å². The van der Waals surface area contributed by atoms with Crippen molar-refractivity contribution in [1.82, 2.24) is 0 Å². The van der Waals surface area contributed by atoms with Crippen LogP contribution in [-0.2, 0) is 0 Å². The summed E-state index contributed by atoms with van der Waals surface area (Å²) in [7, 11) is 0. The maximum Gasteiger partial charge on any atom is 0.335 e. The smallest absolute Gasteiger partial charge is 0.335 e. The van der Waals surface area contributed by atoms with E-state index in [0.717, 1.165) is 0 Å². The molecule has 0 aliphatic carbocycles. The summed E-state index contributed by atoms with van der Waals surface area (Å²) in [6, 6.07) is 16.6. The van der Waals surface area contributed by atoms with E-state index in [4.69, 9.17) is 20.4 Å². The van der Waals surface area contributed by atoms with Crippen molar-refractivity contribution in [2.24, 2.45) is 5.41 Å². The molecule has 0 amide bonds. The summed E-state index contributed by atoms with van der Waals surface area (Å²) in [6.45, 7) is 7.05. The monoisotopic (exact) mass is 376 g/mol. The SMILES string of the molecule is CC(O)C(C)(C)C(C)O.O=C(O)c1ccccc1.O=C(O)c1ccccc1. The first-order valence-corrected chi connectivity index (χ1v) is 8.43. The highest BCUT2D eigenvalue weighted by molar-refractivity contribution is 5.87. The van der Waals surface area contributed by atoms with Crippen molar-refractivity contribution < 1.29 is 30.0 Å². The van der Waals surface area contributed by atoms with Crippen molar-refractivity contribution in [3.63, 3.8) is 0 Å². The zero-order chi connectivity index (χ0) is 21.0. The van der Waals surface area contributed by atoms with Gasteiger partial charge in [-0.3, -0.25) is 0 Å². The molecule has 0 fully saturated rings. The molecule has 2 rings (SSSR count). The molecule has 2 aromatic rings. The molecule has 6 nitrogen and oxygen atoms in total. The Labute approximate surface area is 159 Å². The van der Waals surface area contributed by atoms with Crippen LogP contribution in [0, 0.1) is 5.41 Å². The molecule has 6 heteroatoms. The highest BCUT2D eigenvalue weighted by Crippen LogP contribution is 2.24. The van der Waals surface area contributed by atoms with Crippen LogP contribution in [0.4, 0.5) is 0 Å². The fourth-order valence-corrected chi connectivity index (χ4v) is 1.51. The molecule has 27 heavy (non-hydrogen) atoms. The van der Waals surface area contributed by atoms with E-state index in [9.17, 15) is 9.59 Å². The van der Waals surface area contributed by atoms with E-state index in [2.05, 4.69) is 0 Å². The second kappa shape index (κ2) is 11.8. The van der Waals surface area contributed by atoms with Crippen molar-refractivity contribution in [3.05, 3.63) is 71.8 Å². The first-order valence-electron chi connectivity index (χ1n) is 8.43. The lowest BCUT2D eigenvalue weighted by Crippen LogP contribution is -2.36. The summed E-state index contributed by atoms with van der Waals surface area (Å²) in [5.74, 6) is -1.76. The Morgan fingerprint density at radius 2 is 0.963 bits per heavy atom. The Morgan fingerprint density at radius 3 is 1.07 bits per heavy atom. The van der Waals surface area contributed by atoms with Crippen LogP contribution in [0.25, 0.3) is 0 Å². The average molecular weight is 376 g/mol. The molecule has 0 spiro atoms. The largest absolute Gasteiger partial charge is 0.478 e. The number of aliphatic hydroxyl groups excluding tert-OH is 2. The zero-order valence-corrected chi connectivity index (χ0v) is 16.0. The van der Waals surface area contributed by atoms with Crippen LogP contribution in [0.2, 0.25) is 0 Å². The molecule has 148 valence electrons. The molecule has 0 saturated heterocycles. The van der Waals surface area contributed by atoms with E-state index in [1.54, 1.807) is 74.5 Å². The van der Waals surface area contributed by atoms with Crippen molar-refractivity contribution in [1.29, 1.82) is 0 Å². The summed E-state index contributed by atoms with van der Waals surface area (Å²) < 4.78 is 0. The van der Waals surface area contributed by atoms with Crippen LogP contribution >= 0.6 is 0 Å². The van der Waals surface area contributed by atoms with Gasteiger partial charge in [0.1, 0.15) is 0 Å². The molecular formula is C21H28O6. The Balaban J connectivity index is 0.000000376. The number of benzene rings is 2. The van der Waals surface area contributed by atoms with Crippen LogP contribution in [0.15, 0.2) is 60.7 Å². The zero-order valence-electron chi connectivity index (χ0n) is 16.0. The van der Waals surface area contributed by atoms with Gasteiger partial charge in [-0.05, 0) is 38.1 Å². The lowest BCUT2D eigenvalue weighted by Gasteiger charge is -2.30. The van der Waals surface area contributed by atoms with Gasteiger partial charge in [0, 0.05) is 5.41 Å². The van der Waals surface area contributed by atoms with E-state index < -0.39 is 24.1 Å². The van der Waals surface area contributed by atoms with Crippen LogP contribution in [0.5, 0.6) is 0 Å². The van der Waals surface area contributed by atoms with Crippen molar-refractivity contribution >= 4 is 11.9 Å². The van der Waals surface area contributed by atoms with Crippen LogP contribution in [0.3, 0.4) is 0 Å². The molecule has 2 unspecified atom stereocenters. The molecule has 0 radical (unpaired) electrons. The molecule has 0 aliphatic heterocycles. The van der Waals surface area contributed by atoms with Gasteiger partial charge in [0.25, 0.3) is 0 Å².